The minimum Gasteiger partial charge on any atom is -0.491 e. The van der Waals surface area contributed by atoms with E-state index in [0.29, 0.717) is 6.04 Å². The van der Waals surface area contributed by atoms with Crippen LogP contribution in [0.1, 0.15) is 51.6 Å². The van der Waals surface area contributed by atoms with E-state index < -0.39 is 0 Å². The van der Waals surface area contributed by atoms with Crippen molar-refractivity contribution in [2.45, 2.75) is 52.2 Å². The molecule has 3 nitrogen and oxygen atoms in total. The van der Waals surface area contributed by atoms with Crippen LogP contribution in [-0.4, -0.2) is 25.9 Å². The average molecular weight is 291 g/mol. The Balaban J connectivity index is 2.05. The van der Waals surface area contributed by atoms with E-state index in [1.807, 2.05) is 6.07 Å². The van der Waals surface area contributed by atoms with Gasteiger partial charge >= 0.3 is 0 Å². The van der Waals surface area contributed by atoms with Crippen molar-refractivity contribution in [1.29, 1.82) is 0 Å². The van der Waals surface area contributed by atoms with Crippen LogP contribution < -0.4 is 10.1 Å². The van der Waals surface area contributed by atoms with Crippen molar-refractivity contribution in [3.63, 3.8) is 0 Å². The Morgan fingerprint density at radius 3 is 2.71 bits per heavy atom. The highest BCUT2D eigenvalue weighted by atomic mass is 16.5. The number of ether oxygens (including phenoxy) is 2. The highest BCUT2D eigenvalue weighted by Crippen LogP contribution is 2.29. The van der Waals surface area contributed by atoms with E-state index >= 15 is 0 Å². The molecular weight excluding hydrogens is 262 g/mol. The largest absolute Gasteiger partial charge is 0.491 e. The van der Waals surface area contributed by atoms with Gasteiger partial charge in [0.15, 0.2) is 0 Å². The highest BCUT2D eigenvalue weighted by Gasteiger charge is 2.20. The Hall–Kier alpha value is -1.06. The number of hydrogen-bond acceptors (Lipinski definition) is 3. The van der Waals surface area contributed by atoms with E-state index in [-0.39, 0.29) is 6.10 Å². The predicted molar refractivity (Wildman–Crippen MR) is 86.8 cm³/mol. The van der Waals surface area contributed by atoms with Crippen molar-refractivity contribution in [2.75, 3.05) is 19.8 Å². The molecule has 118 valence electrons. The maximum atomic E-state index is 5.83. The summed E-state index contributed by atoms with van der Waals surface area (Å²) in [4.78, 5) is 0. The molecule has 1 aromatic rings. The lowest BCUT2D eigenvalue weighted by atomic mass is 9.89. The summed E-state index contributed by atoms with van der Waals surface area (Å²) in [6.45, 7) is 9.13. The number of nitrogens with one attached hydrogen (secondary N) is 1. The second-order valence-electron chi connectivity index (χ2n) is 6.14. The molecule has 1 fully saturated rings. The van der Waals surface area contributed by atoms with Gasteiger partial charge in [-0.1, -0.05) is 19.1 Å². The van der Waals surface area contributed by atoms with Gasteiger partial charge in [0, 0.05) is 19.3 Å². The maximum Gasteiger partial charge on any atom is 0.120 e. The van der Waals surface area contributed by atoms with Crippen LogP contribution in [0.3, 0.4) is 0 Å². The molecule has 1 N–H and O–H groups in total. The van der Waals surface area contributed by atoms with Gasteiger partial charge in [-0.2, -0.15) is 0 Å². The zero-order chi connectivity index (χ0) is 15.1. The predicted octanol–water partition coefficient (Wildman–Crippen LogP) is 3.94. The molecule has 0 radical (unpaired) electrons. The summed E-state index contributed by atoms with van der Waals surface area (Å²) in [7, 11) is 0. The molecule has 0 bridgehead atoms. The molecule has 2 rings (SSSR count). The number of rotatable bonds is 7. The molecule has 0 aromatic heterocycles. The van der Waals surface area contributed by atoms with Gasteiger partial charge in [0.2, 0.25) is 0 Å². The van der Waals surface area contributed by atoms with Crippen molar-refractivity contribution in [3.8, 4) is 5.75 Å². The van der Waals surface area contributed by atoms with Crippen LogP contribution in [0.4, 0.5) is 0 Å². The van der Waals surface area contributed by atoms with Crippen LogP contribution in [0.25, 0.3) is 0 Å². The van der Waals surface area contributed by atoms with Crippen molar-refractivity contribution < 1.29 is 9.47 Å². The van der Waals surface area contributed by atoms with Gasteiger partial charge in [0.1, 0.15) is 5.75 Å². The Labute approximate surface area is 129 Å². The highest BCUT2D eigenvalue weighted by molar-refractivity contribution is 5.30. The summed E-state index contributed by atoms with van der Waals surface area (Å²) in [5.74, 6) is 1.73. The van der Waals surface area contributed by atoms with Gasteiger partial charge in [-0.05, 0) is 63.3 Å². The van der Waals surface area contributed by atoms with Gasteiger partial charge in [-0.15, -0.1) is 0 Å². The normalized spacial score (nSPS) is 17.9. The molecule has 0 saturated carbocycles. The first kappa shape index (κ1) is 16.3. The van der Waals surface area contributed by atoms with Gasteiger partial charge in [0.25, 0.3) is 0 Å². The second kappa shape index (κ2) is 8.40. The van der Waals surface area contributed by atoms with Crippen molar-refractivity contribution in [3.05, 3.63) is 29.8 Å². The van der Waals surface area contributed by atoms with Crippen LogP contribution in [0.2, 0.25) is 0 Å². The van der Waals surface area contributed by atoms with E-state index in [9.17, 15) is 0 Å². The lowest BCUT2D eigenvalue weighted by Gasteiger charge is -2.27. The third-order valence-electron chi connectivity index (χ3n) is 3.99. The summed E-state index contributed by atoms with van der Waals surface area (Å²) >= 11 is 0. The smallest absolute Gasteiger partial charge is 0.120 e. The van der Waals surface area contributed by atoms with Gasteiger partial charge in [0.05, 0.1) is 6.10 Å². The van der Waals surface area contributed by atoms with Crippen molar-refractivity contribution >= 4 is 0 Å². The molecule has 1 atom stereocenters. The van der Waals surface area contributed by atoms with Crippen LogP contribution in [0, 0.1) is 5.92 Å². The van der Waals surface area contributed by atoms with Crippen LogP contribution >= 0.6 is 0 Å². The standard InChI is InChI=1S/C18H29NO2/c1-4-19-18(12-15-8-10-20-11-9-15)16-6-5-7-17(13-16)21-14(2)3/h5-7,13-15,18-19H,4,8-12H2,1-3H3. The van der Waals surface area contributed by atoms with E-state index in [4.69, 9.17) is 9.47 Å². The first-order valence-corrected chi connectivity index (χ1v) is 8.26. The molecular formula is C18H29NO2. The van der Waals surface area contributed by atoms with Gasteiger partial charge in [-0.25, -0.2) is 0 Å². The fourth-order valence-corrected chi connectivity index (χ4v) is 2.98. The Morgan fingerprint density at radius 1 is 1.29 bits per heavy atom. The lowest BCUT2D eigenvalue weighted by Crippen LogP contribution is -2.26. The SMILES string of the molecule is CCNC(CC1CCOCC1)c1cccc(OC(C)C)c1. The summed E-state index contributed by atoms with van der Waals surface area (Å²) in [6, 6.07) is 8.95. The zero-order valence-electron chi connectivity index (χ0n) is 13.6. The minimum atomic E-state index is 0.216. The first-order valence-electron chi connectivity index (χ1n) is 8.26. The molecule has 0 aliphatic carbocycles. The molecule has 3 heteroatoms. The van der Waals surface area contributed by atoms with Gasteiger partial charge in [-0.3, -0.25) is 0 Å². The number of hydrogen-bond donors (Lipinski definition) is 1. The molecule has 0 amide bonds. The third kappa shape index (κ3) is 5.33. The third-order valence-corrected chi connectivity index (χ3v) is 3.99. The molecule has 1 aromatic carbocycles. The summed E-state index contributed by atoms with van der Waals surface area (Å²) in [5, 5.41) is 3.63. The van der Waals surface area contributed by atoms with E-state index in [1.165, 1.54) is 24.8 Å². The van der Waals surface area contributed by atoms with Crippen molar-refractivity contribution in [1.82, 2.24) is 5.32 Å². The summed E-state index contributed by atoms with van der Waals surface area (Å²) in [6.07, 6.45) is 3.77. The maximum absolute atomic E-state index is 5.83. The molecule has 1 aliphatic heterocycles. The zero-order valence-corrected chi connectivity index (χ0v) is 13.6. The average Bonchev–Trinajstić information content (AvgIpc) is 2.47. The molecule has 1 saturated heterocycles. The molecule has 1 heterocycles. The molecule has 1 aliphatic rings. The minimum absolute atomic E-state index is 0.216. The molecule has 1 unspecified atom stereocenters. The number of benzene rings is 1. The van der Waals surface area contributed by atoms with Crippen LogP contribution in [-0.2, 0) is 4.74 Å². The quantitative estimate of drug-likeness (QED) is 0.825. The monoisotopic (exact) mass is 291 g/mol. The van der Waals surface area contributed by atoms with E-state index in [1.54, 1.807) is 0 Å². The Kier molecular flexibility index (Phi) is 6.52. The first-order chi connectivity index (χ1) is 10.2. The van der Waals surface area contributed by atoms with Gasteiger partial charge < -0.3 is 14.8 Å². The van der Waals surface area contributed by atoms with Crippen LogP contribution in [0.5, 0.6) is 5.75 Å². The fourth-order valence-electron chi connectivity index (χ4n) is 2.98. The summed E-state index contributed by atoms with van der Waals surface area (Å²) in [5.41, 5.74) is 1.33. The van der Waals surface area contributed by atoms with E-state index in [0.717, 1.165) is 31.4 Å². The fraction of sp³-hybridized carbons (Fsp3) is 0.667. The molecule has 21 heavy (non-hydrogen) atoms. The lowest BCUT2D eigenvalue weighted by molar-refractivity contribution is 0.0605. The van der Waals surface area contributed by atoms with E-state index in [2.05, 4.69) is 44.3 Å². The Bertz CT molecular complexity index is 413. The topological polar surface area (TPSA) is 30.5 Å². The molecule has 0 spiro atoms. The van der Waals surface area contributed by atoms with Crippen LogP contribution in [0.15, 0.2) is 24.3 Å². The van der Waals surface area contributed by atoms with Crippen molar-refractivity contribution in [2.24, 2.45) is 5.92 Å². The second-order valence-corrected chi connectivity index (χ2v) is 6.14. The Morgan fingerprint density at radius 2 is 2.05 bits per heavy atom. The summed E-state index contributed by atoms with van der Waals surface area (Å²) < 4.78 is 11.3.